The molecule has 0 aromatic rings. The molecule has 0 aliphatic heterocycles. The number of carbonyl (C=O) groups excluding carboxylic acids is 1. The van der Waals surface area contributed by atoms with Gasteiger partial charge in [-0.2, -0.15) is 5.26 Å². The summed E-state index contributed by atoms with van der Waals surface area (Å²) in [5, 5.41) is 7.58. The van der Waals surface area contributed by atoms with Crippen molar-refractivity contribution in [1.82, 2.24) is 0 Å². The third-order valence-corrected chi connectivity index (χ3v) is 0.175. The van der Waals surface area contributed by atoms with E-state index in [-0.39, 0.29) is 37.4 Å². The van der Waals surface area contributed by atoms with E-state index in [4.69, 9.17) is 5.26 Å². The van der Waals surface area contributed by atoms with Crippen LogP contribution in [0.25, 0.3) is 0 Å². The van der Waals surface area contributed by atoms with E-state index >= 15 is 0 Å². The SMILES string of the molecule is N#CCC=O.[H-].[Na+]. The molecule has 0 saturated carbocycles. The summed E-state index contributed by atoms with van der Waals surface area (Å²) in [5.74, 6) is 0. The summed E-state index contributed by atoms with van der Waals surface area (Å²) >= 11 is 0. The smallest absolute Gasteiger partial charge is 1.00 e. The topological polar surface area (TPSA) is 40.9 Å². The minimum absolute atomic E-state index is 0. The fourth-order valence-electron chi connectivity index (χ4n) is 0.0373. The zero-order chi connectivity index (χ0) is 4.12. The van der Waals surface area contributed by atoms with E-state index < -0.39 is 0 Å². The Labute approximate surface area is 59.9 Å². The molecule has 2 nitrogen and oxygen atoms in total. The minimum atomic E-state index is 0. The van der Waals surface area contributed by atoms with E-state index in [9.17, 15) is 4.79 Å². The molecular formula is C3H4NNaO. The molecule has 0 heterocycles. The Bertz CT molecular complexity index is 69.8. The molecule has 0 aliphatic rings. The molecule has 28 valence electrons. The maximum absolute atomic E-state index is 9.18. The Morgan fingerprint density at radius 1 is 2.00 bits per heavy atom. The van der Waals surface area contributed by atoms with Gasteiger partial charge >= 0.3 is 29.6 Å². The second kappa shape index (κ2) is 8.94. The molecular weight excluding hydrogens is 89.0 g/mol. The van der Waals surface area contributed by atoms with Crippen LogP contribution in [-0.4, -0.2) is 6.29 Å². The summed E-state index contributed by atoms with van der Waals surface area (Å²) in [5.41, 5.74) is 0. The Morgan fingerprint density at radius 3 is 2.50 bits per heavy atom. The summed E-state index contributed by atoms with van der Waals surface area (Å²) in [6.07, 6.45) is 0.583. The second-order valence-electron chi connectivity index (χ2n) is 0.529. The van der Waals surface area contributed by atoms with E-state index in [0.717, 1.165) is 0 Å². The molecule has 0 rings (SSSR count). The van der Waals surface area contributed by atoms with E-state index in [1.54, 1.807) is 6.07 Å². The number of rotatable bonds is 1. The number of hydrogen-bond acceptors (Lipinski definition) is 2. The normalized spacial score (nSPS) is 4.50. The fraction of sp³-hybridized carbons (Fsp3) is 0.333. The average Bonchev–Trinajstić information content (AvgIpc) is 1.41. The van der Waals surface area contributed by atoms with Crippen molar-refractivity contribution in [3.63, 3.8) is 0 Å². The van der Waals surface area contributed by atoms with Crippen LogP contribution in [0.5, 0.6) is 0 Å². The van der Waals surface area contributed by atoms with Crippen LogP contribution in [0.4, 0.5) is 0 Å². The van der Waals surface area contributed by atoms with Gasteiger partial charge in [0.2, 0.25) is 0 Å². The average molecular weight is 93.1 g/mol. The maximum atomic E-state index is 9.18. The first-order valence-electron chi connectivity index (χ1n) is 1.22. The maximum Gasteiger partial charge on any atom is 1.00 e. The van der Waals surface area contributed by atoms with Crippen molar-refractivity contribution in [3.05, 3.63) is 0 Å². The number of hydrogen-bond donors (Lipinski definition) is 0. The van der Waals surface area contributed by atoms with Gasteiger partial charge in [-0.05, 0) is 0 Å². The van der Waals surface area contributed by atoms with Crippen molar-refractivity contribution in [2.45, 2.75) is 6.42 Å². The summed E-state index contributed by atoms with van der Waals surface area (Å²) < 4.78 is 0. The van der Waals surface area contributed by atoms with Crippen LogP contribution < -0.4 is 29.6 Å². The summed E-state index contributed by atoms with van der Waals surface area (Å²) in [6.45, 7) is 0. The van der Waals surface area contributed by atoms with Crippen molar-refractivity contribution in [2.24, 2.45) is 0 Å². The summed E-state index contributed by atoms with van der Waals surface area (Å²) in [7, 11) is 0. The molecule has 6 heavy (non-hydrogen) atoms. The van der Waals surface area contributed by atoms with Crippen molar-refractivity contribution >= 4 is 6.29 Å². The molecule has 0 N–H and O–H groups in total. The molecule has 0 spiro atoms. The van der Waals surface area contributed by atoms with Crippen molar-refractivity contribution in [3.8, 4) is 6.07 Å². The summed E-state index contributed by atoms with van der Waals surface area (Å²) in [4.78, 5) is 9.18. The van der Waals surface area contributed by atoms with Gasteiger partial charge in [0.25, 0.3) is 0 Å². The number of nitrogens with zero attached hydrogens (tertiary/aromatic N) is 1. The van der Waals surface area contributed by atoms with Gasteiger partial charge in [-0.25, -0.2) is 0 Å². The van der Waals surface area contributed by atoms with Crippen LogP contribution in [0.1, 0.15) is 7.85 Å². The number of aldehydes is 1. The predicted molar refractivity (Wildman–Crippen MR) is 17.4 cm³/mol. The van der Waals surface area contributed by atoms with Gasteiger partial charge in [-0.1, -0.05) is 0 Å². The molecule has 0 aliphatic carbocycles. The van der Waals surface area contributed by atoms with Gasteiger partial charge in [0.1, 0.15) is 6.29 Å². The molecule has 0 radical (unpaired) electrons. The van der Waals surface area contributed by atoms with Crippen LogP contribution in [-0.2, 0) is 4.79 Å². The van der Waals surface area contributed by atoms with E-state index in [0.29, 0.717) is 6.29 Å². The van der Waals surface area contributed by atoms with E-state index in [1.165, 1.54) is 0 Å². The monoisotopic (exact) mass is 93.0 g/mol. The van der Waals surface area contributed by atoms with Gasteiger partial charge in [0.15, 0.2) is 0 Å². The first-order chi connectivity index (χ1) is 2.41. The van der Waals surface area contributed by atoms with Crippen LogP contribution in [0.15, 0.2) is 0 Å². The quantitative estimate of drug-likeness (QED) is 0.260. The minimum Gasteiger partial charge on any atom is -1.00 e. The molecule has 0 bridgehead atoms. The van der Waals surface area contributed by atoms with Gasteiger partial charge in [-0.3, -0.25) is 0 Å². The van der Waals surface area contributed by atoms with Crippen molar-refractivity contribution in [2.75, 3.05) is 0 Å². The largest absolute Gasteiger partial charge is 1.00 e. The zero-order valence-electron chi connectivity index (χ0n) is 4.64. The molecule has 0 unspecified atom stereocenters. The van der Waals surface area contributed by atoms with Gasteiger partial charge in [0.05, 0.1) is 12.5 Å². The third-order valence-electron chi connectivity index (χ3n) is 0.175. The molecule has 0 fully saturated rings. The molecule has 0 atom stereocenters. The van der Waals surface area contributed by atoms with Gasteiger partial charge in [-0.15, -0.1) is 0 Å². The first-order valence-corrected chi connectivity index (χ1v) is 1.22. The Hall–Kier alpha value is 0.160. The molecule has 3 heteroatoms. The molecule has 0 aromatic carbocycles. The molecule has 0 aromatic heterocycles. The predicted octanol–water partition coefficient (Wildman–Crippen LogP) is -2.78. The first kappa shape index (κ1) is 9.48. The van der Waals surface area contributed by atoms with Crippen LogP contribution >= 0.6 is 0 Å². The zero-order valence-corrected chi connectivity index (χ0v) is 5.64. The fourth-order valence-corrected chi connectivity index (χ4v) is 0.0373. The van der Waals surface area contributed by atoms with E-state index in [1.807, 2.05) is 0 Å². The van der Waals surface area contributed by atoms with Crippen molar-refractivity contribution < 1.29 is 35.8 Å². The Kier molecular flexibility index (Phi) is 14.1. The summed E-state index contributed by atoms with van der Waals surface area (Å²) in [6, 6.07) is 1.65. The van der Waals surface area contributed by atoms with Crippen LogP contribution in [0.3, 0.4) is 0 Å². The van der Waals surface area contributed by atoms with Crippen LogP contribution in [0, 0.1) is 11.3 Å². The Balaban J connectivity index is -0.0000000800. The standard InChI is InChI=1S/C3H3NO.Na.H/c4-2-1-3-5;;/h3H,1H2;;/q;+1;-1. The van der Waals surface area contributed by atoms with E-state index in [2.05, 4.69) is 0 Å². The van der Waals surface area contributed by atoms with Crippen LogP contribution in [0.2, 0.25) is 0 Å². The van der Waals surface area contributed by atoms with Crippen molar-refractivity contribution in [1.29, 1.82) is 5.26 Å². The van der Waals surface area contributed by atoms with Gasteiger partial charge in [0, 0.05) is 0 Å². The molecule has 0 saturated heterocycles. The second-order valence-corrected chi connectivity index (χ2v) is 0.529. The number of nitriles is 1. The molecule has 0 amide bonds. The third kappa shape index (κ3) is 8.90. The van der Waals surface area contributed by atoms with Gasteiger partial charge < -0.3 is 6.22 Å². The number of carbonyl (C=O) groups is 1. The Morgan fingerprint density at radius 2 is 2.50 bits per heavy atom.